The number of hydrogen-bond acceptors (Lipinski definition) is 4. The van der Waals surface area contributed by atoms with Gasteiger partial charge in [-0.2, -0.15) is 0 Å². The molecule has 0 spiro atoms. The van der Waals surface area contributed by atoms with Gasteiger partial charge in [-0.1, -0.05) is 45.2 Å². The molecule has 1 aliphatic heterocycles. The second-order valence-electron chi connectivity index (χ2n) is 6.71. The summed E-state index contributed by atoms with van der Waals surface area (Å²) in [4.78, 5) is 25.8. The topological polar surface area (TPSA) is 76.7 Å². The number of ether oxygens (including phenoxy) is 2. The zero-order valence-corrected chi connectivity index (χ0v) is 19.4. The maximum Gasteiger partial charge on any atom is 0.272 e. The van der Waals surface area contributed by atoms with Gasteiger partial charge in [0.2, 0.25) is 6.79 Å². The first-order chi connectivity index (χ1) is 15.4. The normalized spacial score (nSPS) is 12.4. The minimum absolute atomic E-state index is 0.0304. The Kier molecular flexibility index (Phi) is 6.69. The Hall–Kier alpha value is -3.00. The van der Waals surface area contributed by atoms with E-state index in [1.807, 2.05) is 0 Å². The van der Waals surface area contributed by atoms with Crippen LogP contribution in [-0.2, 0) is 4.79 Å². The van der Waals surface area contributed by atoms with E-state index in [-0.39, 0.29) is 12.5 Å². The van der Waals surface area contributed by atoms with Crippen LogP contribution in [0.5, 0.6) is 11.5 Å². The molecule has 9 heteroatoms. The van der Waals surface area contributed by atoms with Gasteiger partial charge in [-0.3, -0.25) is 9.59 Å². The lowest BCUT2D eigenvalue weighted by Gasteiger charge is -2.12. The Morgan fingerprint density at radius 2 is 1.66 bits per heavy atom. The van der Waals surface area contributed by atoms with Crippen LogP contribution < -0.4 is 20.1 Å². The van der Waals surface area contributed by atoms with E-state index in [0.29, 0.717) is 38.4 Å². The third kappa shape index (κ3) is 5.24. The quantitative estimate of drug-likeness (QED) is 0.401. The number of hydrogen-bond donors (Lipinski definition) is 2. The summed E-state index contributed by atoms with van der Waals surface area (Å²) < 4.78 is 11.5. The van der Waals surface area contributed by atoms with Crippen LogP contribution in [0.4, 0.5) is 5.69 Å². The lowest BCUT2D eigenvalue weighted by atomic mass is 10.1. The smallest absolute Gasteiger partial charge is 0.272 e. The van der Waals surface area contributed by atoms with Gasteiger partial charge in [0.25, 0.3) is 11.8 Å². The van der Waals surface area contributed by atoms with Crippen LogP contribution in [-0.4, -0.2) is 18.6 Å². The molecule has 32 heavy (non-hydrogen) atoms. The van der Waals surface area contributed by atoms with Crippen molar-refractivity contribution in [3.63, 3.8) is 0 Å². The van der Waals surface area contributed by atoms with Crippen molar-refractivity contribution in [2.45, 2.75) is 0 Å². The number of amides is 2. The summed E-state index contributed by atoms with van der Waals surface area (Å²) in [5, 5.41) is 6.06. The van der Waals surface area contributed by atoms with E-state index in [1.54, 1.807) is 60.7 Å². The fourth-order valence-electron chi connectivity index (χ4n) is 2.90. The predicted octanol–water partition coefficient (Wildman–Crippen LogP) is 5.89. The Labute approximate surface area is 202 Å². The highest BCUT2D eigenvalue weighted by Crippen LogP contribution is 2.33. The zero-order chi connectivity index (χ0) is 22.7. The highest BCUT2D eigenvalue weighted by atomic mass is 79.9. The molecule has 2 amide bonds. The SMILES string of the molecule is O=C(Nc1ccc(Cl)c(Cl)c1)/C(=C/c1ccc2c(c1)OCO2)NC(=O)c1ccc(Br)cc1. The first-order valence-electron chi connectivity index (χ1n) is 9.34. The van der Waals surface area contributed by atoms with Gasteiger partial charge in [-0.05, 0) is 66.2 Å². The molecule has 0 atom stereocenters. The van der Waals surface area contributed by atoms with E-state index in [1.165, 1.54) is 6.07 Å². The number of carbonyl (C=O) groups excluding carboxylic acids is 2. The lowest BCUT2D eigenvalue weighted by molar-refractivity contribution is -0.113. The van der Waals surface area contributed by atoms with Crippen LogP contribution in [0.1, 0.15) is 15.9 Å². The molecule has 2 N–H and O–H groups in total. The zero-order valence-electron chi connectivity index (χ0n) is 16.3. The molecular formula is C23H15BrCl2N2O4. The van der Waals surface area contributed by atoms with Crippen molar-refractivity contribution in [2.75, 3.05) is 12.1 Å². The third-order valence-electron chi connectivity index (χ3n) is 4.48. The Balaban J connectivity index is 1.63. The van der Waals surface area contributed by atoms with Crippen LogP contribution in [0.2, 0.25) is 10.0 Å². The van der Waals surface area contributed by atoms with Gasteiger partial charge in [-0.15, -0.1) is 0 Å². The molecule has 0 unspecified atom stereocenters. The van der Waals surface area contributed by atoms with Gasteiger partial charge in [0.15, 0.2) is 11.5 Å². The van der Waals surface area contributed by atoms with Gasteiger partial charge in [0.1, 0.15) is 5.70 Å². The maximum absolute atomic E-state index is 13.0. The van der Waals surface area contributed by atoms with E-state index in [4.69, 9.17) is 32.7 Å². The van der Waals surface area contributed by atoms with Crippen molar-refractivity contribution >= 4 is 62.7 Å². The molecule has 0 aromatic heterocycles. The monoisotopic (exact) mass is 532 g/mol. The van der Waals surface area contributed by atoms with Crippen LogP contribution >= 0.6 is 39.1 Å². The second kappa shape index (κ2) is 9.65. The van der Waals surface area contributed by atoms with Gasteiger partial charge in [0.05, 0.1) is 10.0 Å². The standard InChI is InChI=1S/C23H15BrCl2N2O4/c24-15-4-2-14(3-5-15)22(29)28-19(9-13-1-8-20-21(10-13)32-12-31-20)23(30)27-16-6-7-17(25)18(26)11-16/h1-11H,12H2,(H,27,30)(H,28,29)/b19-9-. The number of nitrogens with one attached hydrogen (secondary N) is 2. The fourth-order valence-corrected chi connectivity index (χ4v) is 3.46. The molecule has 1 heterocycles. The molecule has 0 radical (unpaired) electrons. The molecule has 6 nitrogen and oxygen atoms in total. The van der Waals surface area contributed by atoms with Gasteiger partial charge < -0.3 is 20.1 Å². The summed E-state index contributed by atoms with van der Waals surface area (Å²) >= 11 is 15.3. The summed E-state index contributed by atoms with van der Waals surface area (Å²) in [6, 6.07) is 16.7. The average molecular weight is 534 g/mol. The van der Waals surface area contributed by atoms with E-state index in [9.17, 15) is 9.59 Å². The summed E-state index contributed by atoms with van der Waals surface area (Å²) in [5.74, 6) is 0.199. The largest absolute Gasteiger partial charge is 0.454 e. The summed E-state index contributed by atoms with van der Waals surface area (Å²) in [6.45, 7) is 0.132. The first-order valence-corrected chi connectivity index (χ1v) is 10.9. The van der Waals surface area contributed by atoms with E-state index >= 15 is 0 Å². The molecule has 0 saturated carbocycles. The van der Waals surface area contributed by atoms with Crippen LogP contribution in [0.25, 0.3) is 6.08 Å². The van der Waals surface area contributed by atoms with Crippen molar-refractivity contribution in [2.24, 2.45) is 0 Å². The highest BCUT2D eigenvalue weighted by molar-refractivity contribution is 9.10. The third-order valence-corrected chi connectivity index (χ3v) is 5.75. The highest BCUT2D eigenvalue weighted by Gasteiger charge is 2.17. The van der Waals surface area contributed by atoms with E-state index < -0.39 is 11.8 Å². The lowest BCUT2D eigenvalue weighted by Crippen LogP contribution is -2.30. The van der Waals surface area contributed by atoms with Crippen LogP contribution in [0.15, 0.2) is 70.8 Å². The minimum Gasteiger partial charge on any atom is -0.454 e. The predicted molar refractivity (Wildman–Crippen MR) is 127 cm³/mol. The molecule has 0 saturated heterocycles. The molecule has 162 valence electrons. The molecule has 4 rings (SSSR count). The Morgan fingerprint density at radius 3 is 2.41 bits per heavy atom. The van der Waals surface area contributed by atoms with Gasteiger partial charge >= 0.3 is 0 Å². The van der Waals surface area contributed by atoms with Crippen molar-refractivity contribution in [3.05, 3.63) is 92.0 Å². The molecule has 0 bridgehead atoms. The summed E-state index contributed by atoms with van der Waals surface area (Å²) in [5.41, 5.74) is 1.50. The van der Waals surface area contributed by atoms with Gasteiger partial charge in [0, 0.05) is 15.7 Å². The molecule has 1 aliphatic rings. The summed E-state index contributed by atoms with van der Waals surface area (Å²) in [6.07, 6.45) is 1.55. The van der Waals surface area contributed by atoms with Crippen molar-refractivity contribution < 1.29 is 19.1 Å². The number of rotatable bonds is 5. The number of fused-ring (bicyclic) bond motifs is 1. The molecular weight excluding hydrogens is 519 g/mol. The van der Waals surface area contributed by atoms with E-state index in [0.717, 1.165) is 4.47 Å². The number of benzene rings is 3. The van der Waals surface area contributed by atoms with Crippen molar-refractivity contribution in [1.82, 2.24) is 5.32 Å². The molecule has 3 aromatic carbocycles. The minimum atomic E-state index is -0.536. The number of anilines is 1. The van der Waals surface area contributed by atoms with Crippen LogP contribution in [0, 0.1) is 0 Å². The maximum atomic E-state index is 13.0. The molecule has 0 fully saturated rings. The number of halogens is 3. The number of carbonyl (C=O) groups is 2. The van der Waals surface area contributed by atoms with Crippen LogP contribution in [0.3, 0.4) is 0 Å². The van der Waals surface area contributed by atoms with Gasteiger partial charge in [-0.25, -0.2) is 0 Å². The summed E-state index contributed by atoms with van der Waals surface area (Å²) in [7, 11) is 0. The first kappa shape index (κ1) is 22.2. The average Bonchev–Trinajstić information content (AvgIpc) is 3.24. The Bertz CT molecular complexity index is 1230. The Morgan fingerprint density at radius 1 is 0.906 bits per heavy atom. The van der Waals surface area contributed by atoms with E-state index in [2.05, 4.69) is 26.6 Å². The fraction of sp³-hybridized carbons (Fsp3) is 0.0435. The van der Waals surface area contributed by atoms with Crippen molar-refractivity contribution in [3.8, 4) is 11.5 Å². The van der Waals surface area contributed by atoms with Crippen molar-refractivity contribution in [1.29, 1.82) is 0 Å². The molecule has 0 aliphatic carbocycles. The molecule has 3 aromatic rings. The second-order valence-corrected chi connectivity index (χ2v) is 8.44.